The van der Waals surface area contributed by atoms with Crippen molar-refractivity contribution < 1.29 is 22.9 Å². The van der Waals surface area contributed by atoms with Crippen LogP contribution in [0.5, 0.6) is 0 Å². The van der Waals surface area contributed by atoms with E-state index in [2.05, 4.69) is 5.10 Å². The van der Waals surface area contributed by atoms with Crippen LogP contribution in [0.4, 0.5) is 29.5 Å². The molecule has 1 aromatic heterocycles. The Morgan fingerprint density at radius 3 is 2.18 bits per heavy atom. The zero-order chi connectivity index (χ0) is 24.8. The topological polar surface area (TPSA) is 107 Å². The molecule has 1 saturated heterocycles. The molecule has 1 aromatic carbocycles. The summed E-state index contributed by atoms with van der Waals surface area (Å²) in [6.45, 7) is 3.98. The van der Waals surface area contributed by atoms with E-state index >= 15 is 0 Å². The van der Waals surface area contributed by atoms with Crippen LogP contribution < -0.4 is 5.73 Å². The number of halogens is 5. The molecule has 0 radical (unpaired) electrons. The second kappa shape index (κ2) is 11.8. The number of nitrogens with two attached hydrogens (primary N) is 1. The van der Waals surface area contributed by atoms with Gasteiger partial charge in [-0.15, -0.1) is 0 Å². The van der Waals surface area contributed by atoms with E-state index in [9.17, 15) is 28.1 Å². The standard InChI is InChI=1S/C10H5Cl2F3N4O2.C9H17NOS/c11-5-1-4(10(13,14)15)2-6(12)8(5)18-9(16)7(3-17-18)19(20)21;1-2-12-9(11)10-7-5-3-4-6-8-10/h1-3H,16H2;2-8H2,1H3. The number of hydrogen-bond acceptors (Lipinski definition) is 6. The number of nitro groups is 1. The summed E-state index contributed by atoms with van der Waals surface area (Å²) in [7, 11) is 0. The largest absolute Gasteiger partial charge is 0.416 e. The van der Waals surface area contributed by atoms with Crippen molar-refractivity contribution in [3.05, 3.63) is 44.1 Å². The van der Waals surface area contributed by atoms with Crippen molar-refractivity contribution in [1.82, 2.24) is 14.7 Å². The van der Waals surface area contributed by atoms with Crippen molar-refractivity contribution in [3.63, 3.8) is 0 Å². The van der Waals surface area contributed by atoms with Gasteiger partial charge in [-0.25, -0.2) is 4.68 Å². The van der Waals surface area contributed by atoms with Crippen molar-refractivity contribution in [2.75, 3.05) is 24.6 Å². The van der Waals surface area contributed by atoms with Crippen LogP contribution >= 0.6 is 35.0 Å². The highest BCUT2D eigenvalue weighted by Crippen LogP contribution is 2.38. The van der Waals surface area contributed by atoms with E-state index in [1.807, 2.05) is 11.8 Å². The molecule has 0 atom stereocenters. The molecule has 33 heavy (non-hydrogen) atoms. The smallest absolute Gasteiger partial charge is 0.378 e. The second-order valence-electron chi connectivity index (χ2n) is 6.97. The summed E-state index contributed by atoms with van der Waals surface area (Å²) in [4.78, 5) is 23.3. The number of alkyl halides is 3. The van der Waals surface area contributed by atoms with Crippen LogP contribution in [0, 0.1) is 10.1 Å². The maximum atomic E-state index is 12.6. The third-order valence-corrected chi connectivity index (χ3v) is 6.04. The maximum absolute atomic E-state index is 12.6. The number of carbonyl (C=O) groups is 1. The summed E-state index contributed by atoms with van der Waals surface area (Å²) in [6, 6.07) is 1.27. The van der Waals surface area contributed by atoms with Crippen LogP contribution in [-0.4, -0.2) is 43.7 Å². The van der Waals surface area contributed by atoms with Gasteiger partial charge in [0.15, 0.2) is 0 Å². The monoisotopic (exact) mass is 527 g/mol. The van der Waals surface area contributed by atoms with E-state index in [0.29, 0.717) is 12.1 Å². The number of rotatable bonds is 3. The Kier molecular flexibility index (Phi) is 9.68. The van der Waals surface area contributed by atoms with Crippen LogP contribution in [0.2, 0.25) is 10.0 Å². The minimum Gasteiger partial charge on any atom is -0.378 e. The van der Waals surface area contributed by atoms with Crippen LogP contribution in [0.3, 0.4) is 0 Å². The predicted molar refractivity (Wildman–Crippen MR) is 123 cm³/mol. The van der Waals surface area contributed by atoms with Crippen molar-refractivity contribution >= 4 is 51.7 Å². The molecule has 14 heteroatoms. The molecule has 0 bridgehead atoms. The third kappa shape index (κ3) is 7.15. The van der Waals surface area contributed by atoms with E-state index in [1.165, 1.54) is 37.4 Å². The quantitative estimate of drug-likeness (QED) is 0.364. The Morgan fingerprint density at radius 1 is 1.21 bits per heavy atom. The lowest BCUT2D eigenvalue weighted by molar-refractivity contribution is -0.383. The van der Waals surface area contributed by atoms with Gasteiger partial charge < -0.3 is 10.6 Å². The number of carbonyl (C=O) groups excluding carboxylic acids is 1. The van der Waals surface area contributed by atoms with Gasteiger partial charge in [0.1, 0.15) is 11.9 Å². The minimum atomic E-state index is -4.63. The van der Waals surface area contributed by atoms with Gasteiger partial charge in [0, 0.05) is 13.1 Å². The van der Waals surface area contributed by atoms with E-state index in [0.717, 1.165) is 29.7 Å². The highest BCUT2D eigenvalue weighted by molar-refractivity contribution is 8.13. The average Bonchev–Trinajstić information content (AvgIpc) is 2.92. The Morgan fingerprint density at radius 2 is 1.76 bits per heavy atom. The molecule has 2 N–H and O–H groups in total. The summed E-state index contributed by atoms with van der Waals surface area (Å²) < 4.78 is 38.7. The molecule has 182 valence electrons. The zero-order valence-corrected chi connectivity index (χ0v) is 19.9. The van der Waals surface area contributed by atoms with E-state index in [1.54, 1.807) is 0 Å². The SMILES string of the molecule is CCSC(=O)N1CCCCCC1.Nc1c([N+](=O)[O-])cnn1-c1c(Cl)cc(C(F)(F)F)cc1Cl. The van der Waals surface area contributed by atoms with Gasteiger partial charge in [-0.2, -0.15) is 18.3 Å². The van der Waals surface area contributed by atoms with Gasteiger partial charge >= 0.3 is 11.9 Å². The number of nitrogens with zero attached hydrogens (tertiary/aromatic N) is 4. The average molecular weight is 528 g/mol. The molecular formula is C19H22Cl2F3N5O3S. The van der Waals surface area contributed by atoms with Gasteiger partial charge in [-0.1, -0.05) is 54.7 Å². The molecule has 0 spiro atoms. The Labute approximate surface area is 202 Å². The summed E-state index contributed by atoms with van der Waals surface area (Å²) in [5, 5.41) is 13.8. The Balaban J connectivity index is 0.000000273. The molecule has 3 rings (SSSR count). The highest BCUT2D eigenvalue weighted by atomic mass is 35.5. The van der Waals surface area contributed by atoms with Crippen molar-refractivity contribution in [2.45, 2.75) is 38.8 Å². The number of benzene rings is 1. The first-order valence-corrected chi connectivity index (χ1v) is 11.7. The fraction of sp³-hybridized carbons (Fsp3) is 0.474. The van der Waals surface area contributed by atoms with E-state index in [-0.39, 0.29) is 21.0 Å². The van der Waals surface area contributed by atoms with Gasteiger partial charge in [0.25, 0.3) is 5.24 Å². The first-order valence-electron chi connectivity index (χ1n) is 9.93. The van der Waals surface area contributed by atoms with Crippen LogP contribution in [0.15, 0.2) is 18.3 Å². The van der Waals surface area contributed by atoms with Crippen LogP contribution in [0.1, 0.15) is 38.2 Å². The zero-order valence-electron chi connectivity index (χ0n) is 17.6. The number of likely N-dealkylation sites (tertiary alicyclic amines) is 1. The maximum Gasteiger partial charge on any atom is 0.416 e. The lowest BCUT2D eigenvalue weighted by Gasteiger charge is -2.18. The molecule has 1 amide bonds. The van der Waals surface area contributed by atoms with Gasteiger partial charge in [0.05, 0.1) is 20.5 Å². The molecule has 8 nitrogen and oxygen atoms in total. The van der Waals surface area contributed by atoms with Crippen molar-refractivity contribution in [1.29, 1.82) is 0 Å². The van der Waals surface area contributed by atoms with Crippen molar-refractivity contribution in [3.8, 4) is 5.69 Å². The first-order chi connectivity index (χ1) is 15.5. The first kappa shape index (κ1) is 27.1. The second-order valence-corrected chi connectivity index (χ2v) is 9.00. The number of anilines is 1. The molecule has 0 aliphatic carbocycles. The summed E-state index contributed by atoms with van der Waals surface area (Å²) >= 11 is 13.0. The fourth-order valence-electron chi connectivity index (χ4n) is 3.07. The lowest BCUT2D eigenvalue weighted by atomic mass is 10.2. The summed E-state index contributed by atoms with van der Waals surface area (Å²) in [5.74, 6) is 0.499. The lowest BCUT2D eigenvalue weighted by Crippen LogP contribution is -2.28. The highest BCUT2D eigenvalue weighted by Gasteiger charge is 2.33. The molecule has 0 saturated carbocycles. The Bertz CT molecular complexity index is 973. The molecular weight excluding hydrogens is 506 g/mol. The number of aromatic nitrogens is 2. The van der Waals surface area contributed by atoms with E-state index < -0.39 is 28.2 Å². The van der Waals surface area contributed by atoms with Gasteiger partial charge in [-0.3, -0.25) is 14.9 Å². The normalized spacial score (nSPS) is 14.3. The fourth-order valence-corrected chi connectivity index (χ4v) is 4.33. The third-order valence-electron chi connectivity index (χ3n) is 4.67. The number of amides is 1. The molecule has 1 aliphatic rings. The minimum absolute atomic E-state index is 0.170. The van der Waals surface area contributed by atoms with Crippen molar-refractivity contribution in [2.24, 2.45) is 0 Å². The van der Waals surface area contributed by atoms with E-state index in [4.69, 9.17) is 28.9 Å². The molecule has 2 aromatic rings. The summed E-state index contributed by atoms with van der Waals surface area (Å²) in [5.41, 5.74) is 3.78. The predicted octanol–water partition coefficient (Wildman–Crippen LogP) is 6.42. The van der Waals surface area contributed by atoms with Gasteiger partial charge in [0.2, 0.25) is 5.82 Å². The molecule has 1 aliphatic heterocycles. The van der Waals surface area contributed by atoms with Gasteiger partial charge in [-0.05, 0) is 30.7 Å². The molecule has 2 heterocycles. The van der Waals surface area contributed by atoms with Crippen LogP contribution in [0.25, 0.3) is 5.69 Å². The number of hydrogen-bond donors (Lipinski definition) is 1. The van der Waals surface area contributed by atoms with Crippen LogP contribution in [-0.2, 0) is 6.18 Å². The summed E-state index contributed by atoms with van der Waals surface area (Å²) in [6.07, 6.45) is 1.18. The number of nitrogen functional groups attached to an aromatic ring is 1. The molecule has 1 fully saturated rings. The number of thioether (sulfide) groups is 1. The molecule has 0 unspecified atom stereocenters. The Hall–Kier alpha value is -2.18.